The maximum atomic E-state index is 11.9. The standard InChI is InChI=1S/C13H15N3O3/c1-9(8-16-4-2-3-14-16)15-13(19)10-5-11(17)7-12(18)6-10/h2-7,9,17-18H,8H2,1H3,(H,15,19). The Labute approximate surface area is 110 Å². The SMILES string of the molecule is CC(Cn1cccn1)NC(=O)c1cc(O)cc(O)c1. The molecule has 6 heteroatoms. The molecule has 0 aliphatic heterocycles. The summed E-state index contributed by atoms with van der Waals surface area (Å²) in [6.07, 6.45) is 3.48. The molecule has 2 aromatic rings. The number of nitrogens with one attached hydrogen (secondary N) is 1. The second kappa shape index (κ2) is 5.43. The van der Waals surface area contributed by atoms with Gasteiger partial charge in [-0.05, 0) is 25.1 Å². The van der Waals surface area contributed by atoms with Gasteiger partial charge >= 0.3 is 0 Å². The van der Waals surface area contributed by atoms with Gasteiger partial charge in [-0.25, -0.2) is 0 Å². The first kappa shape index (κ1) is 12.9. The third-order valence-electron chi connectivity index (χ3n) is 2.56. The van der Waals surface area contributed by atoms with Crippen LogP contribution < -0.4 is 5.32 Å². The zero-order valence-electron chi connectivity index (χ0n) is 10.4. The first-order valence-electron chi connectivity index (χ1n) is 5.86. The number of aromatic hydroxyl groups is 2. The van der Waals surface area contributed by atoms with Crippen LogP contribution in [0.4, 0.5) is 0 Å². The second-order valence-corrected chi connectivity index (χ2v) is 4.34. The number of amides is 1. The van der Waals surface area contributed by atoms with E-state index < -0.39 is 0 Å². The molecule has 0 radical (unpaired) electrons. The molecule has 1 atom stereocenters. The van der Waals surface area contributed by atoms with Gasteiger partial charge in [0, 0.05) is 30.1 Å². The number of nitrogens with zero attached hydrogens (tertiary/aromatic N) is 2. The van der Waals surface area contributed by atoms with E-state index in [1.807, 2.05) is 19.2 Å². The van der Waals surface area contributed by atoms with Crippen molar-refractivity contribution in [3.05, 3.63) is 42.2 Å². The molecule has 100 valence electrons. The maximum absolute atomic E-state index is 11.9. The van der Waals surface area contributed by atoms with Crippen LogP contribution in [0.15, 0.2) is 36.7 Å². The Morgan fingerprint density at radius 1 is 1.37 bits per heavy atom. The van der Waals surface area contributed by atoms with Crippen LogP contribution in [0, 0.1) is 0 Å². The monoisotopic (exact) mass is 261 g/mol. The molecule has 6 nitrogen and oxygen atoms in total. The van der Waals surface area contributed by atoms with E-state index in [0.717, 1.165) is 0 Å². The van der Waals surface area contributed by atoms with E-state index in [1.54, 1.807) is 10.9 Å². The summed E-state index contributed by atoms with van der Waals surface area (Å²) in [5.41, 5.74) is 0.213. The Morgan fingerprint density at radius 2 is 2.05 bits per heavy atom. The number of phenols is 2. The van der Waals surface area contributed by atoms with Gasteiger partial charge in [-0.1, -0.05) is 0 Å². The van der Waals surface area contributed by atoms with Crippen molar-refractivity contribution in [2.45, 2.75) is 19.5 Å². The number of rotatable bonds is 4. The lowest BCUT2D eigenvalue weighted by atomic mass is 10.1. The zero-order valence-corrected chi connectivity index (χ0v) is 10.4. The van der Waals surface area contributed by atoms with E-state index in [9.17, 15) is 15.0 Å². The summed E-state index contributed by atoms with van der Waals surface area (Å²) in [7, 11) is 0. The third kappa shape index (κ3) is 3.48. The highest BCUT2D eigenvalue weighted by atomic mass is 16.3. The summed E-state index contributed by atoms with van der Waals surface area (Å²) >= 11 is 0. The summed E-state index contributed by atoms with van der Waals surface area (Å²) < 4.78 is 1.71. The largest absolute Gasteiger partial charge is 0.508 e. The van der Waals surface area contributed by atoms with Gasteiger partial charge in [0.2, 0.25) is 0 Å². The highest BCUT2D eigenvalue weighted by Gasteiger charge is 2.12. The molecule has 19 heavy (non-hydrogen) atoms. The molecule has 2 rings (SSSR count). The van der Waals surface area contributed by atoms with E-state index in [2.05, 4.69) is 10.4 Å². The number of carbonyl (C=O) groups is 1. The van der Waals surface area contributed by atoms with Gasteiger partial charge in [-0.2, -0.15) is 5.10 Å². The molecule has 1 aromatic carbocycles. The Morgan fingerprint density at radius 3 is 2.63 bits per heavy atom. The average molecular weight is 261 g/mol. The lowest BCUT2D eigenvalue weighted by Gasteiger charge is -2.14. The first-order valence-corrected chi connectivity index (χ1v) is 5.86. The minimum absolute atomic E-state index is 0.128. The number of hydrogen-bond acceptors (Lipinski definition) is 4. The van der Waals surface area contributed by atoms with E-state index >= 15 is 0 Å². The normalized spacial score (nSPS) is 12.1. The van der Waals surface area contributed by atoms with E-state index in [-0.39, 0.29) is 29.0 Å². The predicted octanol–water partition coefficient (Wildman–Crippen LogP) is 1.11. The van der Waals surface area contributed by atoms with Crippen molar-refractivity contribution >= 4 is 5.91 Å². The summed E-state index contributed by atoms with van der Waals surface area (Å²) in [6.45, 7) is 2.39. The number of benzene rings is 1. The highest BCUT2D eigenvalue weighted by Crippen LogP contribution is 2.20. The zero-order chi connectivity index (χ0) is 13.8. The van der Waals surface area contributed by atoms with Crippen molar-refractivity contribution in [3.63, 3.8) is 0 Å². The number of carbonyl (C=O) groups excluding carboxylic acids is 1. The Balaban J connectivity index is 2.00. The van der Waals surface area contributed by atoms with Crippen LogP contribution in [0.25, 0.3) is 0 Å². The summed E-state index contributed by atoms with van der Waals surface area (Å²) in [6, 6.07) is 5.45. The minimum Gasteiger partial charge on any atom is -0.508 e. The van der Waals surface area contributed by atoms with Crippen LogP contribution in [-0.4, -0.2) is 31.9 Å². The van der Waals surface area contributed by atoms with Crippen LogP contribution in [0.3, 0.4) is 0 Å². The predicted molar refractivity (Wildman–Crippen MR) is 68.9 cm³/mol. The van der Waals surface area contributed by atoms with E-state index in [4.69, 9.17) is 0 Å². The van der Waals surface area contributed by atoms with Gasteiger partial charge in [0.15, 0.2) is 0 Å². The lowest BCUT2D eigenvalue weighted by Crippen LogP contribution is -2.35. The number of aromatic nitrogens is 2. The van der Waals surface area contributed by atoms with Crippen molar-refractivity contribution < 1.29 is 15.0 Å². The van der Waals surface area contributed by atoms with Crippen molar-refractivity contribution in [1.82, 2.24) is 15.1 Å². The fraction of sp³-hybridized carbons (Fsp3) is 0.231. The molecular weight excluding hydrogens is 246 g/mol. The fourth-order valence-corrected chi connectivity index (χ4v) is 1.77. The fourth-order valence-electron chi connectivity index (χ4n) is 1.77. The van der Waals surface area contributed by atoms with Crippen LogP contribution in [0.2, 0.25) is 0 Å². The van der Waals surface area contributed by atoms with Gasteiger partial charge in [-0.15, -0.1) is 0 Å². The smallest absolute Gasteiger partial charge is 0.251 e. The molecule has 1 aromatic heterocycles. The van der Waals surface area contributed by atoms with Crippen molar-refractivity contribution in [2.75, 3.05) is 0 Å². The van der Waals surface area contributed by atoms with Crippen LogP contribution in [0.5, 0.6) is 11.5 Å². The highest BCUT2D eigenvalue weighted by molar-refractivity contribution is 5.95. The quantitative estimate of drug-likeness (QED) is 0.769. The van der Waals surface area contributed by atoms with Crippen molar-refractivity contribution in [1.29, 1.82) is 0 Å². The molecule has 1 amide bonds. The molecule has 0 saturated heterocycles. The Bertz CT molecular complexity index is 546. The van der Waals surface area contributed by atoms with Gasteiger partial charge < -0.3 is 15.5 Å². The molecule has 0 aliphatic rings. The van der Waals surface area contributed by atoms with E-state index in [0.29, 0.717) is 6.54 Å². The van der Waals surface area contributed by atoms with Crippen LogP contribution >= 0.6 is 0 Å². The molecule has 0 aliphatic carbocycles. The average Bonchev–Trinajstić information content (AvgIpc) is 2.80. The molecule has 0 fully saturated rings. The van der Waals surface area contributed by atoms with Gasteiger partial charge in [0.25, 0.3) is 5.91 Å². The van der Waals surface area contributed by atoms with Crippen molar-refractivity contribution in [2.24, 2.45) is 0 Å². The van der Waals surface area contributed by atoms with Gasteiger partial charge in [0.05, 0.1) is 6.54 Å². The number of hydrogen-bond donors (Lipinski definition) is 3. The lowest BCUT2D eigenvalue weighted by molar-refractivity contribution is 0.0935. The van der Waals surface area contributed by atoms with Gasteiger partial charge in [0.1, 0.15) is 11.5 Å². The molecule has 0 saturated carbocycles. The van der Waals surface area contributed by atoms with Crippen LogP contribution in [0.1, 0.15) is 17.3 Å². The molecule has 0 bridgehead atoms. The summed E-state index contributed by atoms with van der Waals surface area (Å²) in [5, 5.41) is 25.5. The number of phenolic OH excluding ortho intramolecular Hbond substituents is 2. The summed E-state index contributed by atoms with van der Waals surface area (Å²) in [4.78, 5) is 11.9. The summed E-state index contributed by atoms with van der Waals surface area (Å²) in [5.74, 6) is -0.652. The maximum Gasteiger partial charge on any atom is 0.251 e. The molecule has 1 unspecified atom stereocenters. The molecule has 3 N–H and O–H groups in total. The molecule has 0 spiro atoms. The second-order valence-electron chi connectivity index (χ2n) is 4.34. The Hall–Kier alpha value is -2.50. The van der Waals surface area contributed by atoms with Gasteiger partial charge in [-0.3, -0.25) is 9.48 Å². The Kier molecular flexibility index (Phi) is 3.70. The molecular formula is C13H15N3O3. The third-order valence-corrected chi connectivity index (χ3v) is 2.56. The van der Waals surface area contributed by atoms with Crippen molar-refractivity contribution in [3.8, 4) is 11.5 Å². The molecule has 1 heterocycles. The van der Waals surface area contributed by atoms with E-state index in [1.165, 1.54) is 18.2 Å². The first-order chi connectivity index (χ1) is 9.04. The van der Waals surface area contributed by atoms with Crippen LogP contribution in [-0.2, 0) is 6.54 Å². The minimum atomic E-state index is -0.356. The topological polar surface area (TPSA) is 87.4 Å².